The predicted octanol–water partition coefficient (Wildman–Crippen LogP) is 3.16. The Labute approximate surface area is 117 Å². The highest BCUT2D eigenvalue weighted by Crippen LogP contribution is 2.17. The minimum atomic E-state index is 0.503. The summed E-state index contributed by atoms with van der Waals surface area (Å²) in [7, 11) is 0. The minimum Gasteiger partial charge on any atom is -0.444 e. The van der Waals surface area contributed by atoms with Gasteiger partial charge < -0.3 is 9.73 Å². The zero-order valence-corrected chi connectivity index (χ0v) is 11.8. The summed E-state index contributed by atoms with van der Waals surface area (Å²) in [6, 6.07) is 7.82. The van der Waals surface area contributed by atoms with E-state index in [1.165, 1.54) is 0 Å². The largest absolute Gasteiger partial charge is 0.444 e. The molecule has 0 radical (unpaired) electrons. The normalized spacial score (nSPS) is 10.9. The Kier molecular flexibility index (Phi) is 3.10. The van der Waals surface area contributed by atoms with Gasteiger partial charge in [-0.1, -0.05) is 12.1 Å². The quantitative estimate of drug-likeness (QED) is 0.790. The summed E-state index contributed by atoms with van der Waals surface area (Å²) in [5.74, 6) is 2.27. The van der Waals surface area contributed by atoms with E-state index in [-0.39, 0.29) is 0 Å². The maximum absolute atomic E-state index is 5.54. The molecular formula is C15H16N4O. The van der Waals surface area contributed by atoms with Crippen molar-refractivity contribution in [3.63, 3.8) is 0 Å². The Morgan fingerprint density at radius 3 is 2.30 bits per heavy atom. The number of para-hydroxylation sites is 2. The number of benzene rings is 1. The predicted molar refractivity (Wildman–Crippen MR) is 77.6 cm³/mol. The lowest BCUT2D eigenvalue weighted by Crippen LogP contribution is -2.05. The van der Waals surface area contributed by atoms with E-state index in [0.29, 0.717) is 12.4 Å². The van der Waals surface area contributed by atoms with Crippen LogP contribution in [0.4, 0.5) is 5.82 Å². The van der Waals surface area contributed by atoms with Crippen LogP contribution in [0.15, 0.2) is 28.7 Å². The molecule has 5 nitrogen and oxygen atoms in total. The fourth-order valence-corrected chi connectivity index (χ4v) is 2.03. The Balaban J connectivity index is 1.85. The minimum absolute atomic E-state index is 0.503. The first-order chi connectivity index (χ1) is 9.63. The first-order valence-corrected chi connectivity index (χ1v) is 6.53. The van der Waals surface area contributed by atoms with Crippen LogP contribution in [-0.4, -0.2) is 15.0 Å². The van der Waals surface area contributed by atoms with Crippen LogP contribution in [0.2, 0.25) is 0 Å². The third-order valence-electron chi connectivity index (χ3n) is 3.22. The highest BCUT2D eigenvalue weighted by molar-refractivity contribution is 5.76. The molecule has 0 saturated carbocycles. The SMILES string of the molecule is Cc1nc2ccccc2nc1NCc1nc(C)c(C)o1. The third kappa shape index (κ3) is 2.34. The first-order valence-electron chi connectivity index (χ1n) is 6.53. The van der Waals surface area contributed by atoms with Crippen LogP contribution < -0.4 is 5.32 Å². The summed E-state index contributed by atoms with van der Waals surface area (Å²) in [5.41, 5.74) is 3.56. The highest BCUT2D eigenvalue weighted by Gasteiger charge is 2.08. The maximum Gasteiger partial charge on any atom is 0.213 e. The molecule has 3 aromatic rings. The van der Waals surface area contributed by atoms with Gasteiger partial charge in [0.1, 0.15) is 11.6 Å². The van der Waals surface area contributed by atoms with E-state index in [2.05, 4.69) is 20.3 Å². The number of hydrogen-bond acceptors (Lipinski definition) is 5. The Bertz CT molecular complexity index is 744. The van der Waals surface area contributed by atoms with Crippen LogP contribution in [0.3, 0.4) is 0 Å². The van der Waals surface area contributed by atoms with Crippen molar-refractivity contribution in [2.24, 2.45) is 0 Å². The summed E-state index contributed by atoms with van der Waals surface area (Å²) in [6.07, 6.45) is 0. The van der Waals surface area contributed by atoms with E-state index in [9.17, 15) is 0 Å². The molecule has 1 aromatic carbocycles. The van der Waals surface area contributed by atoms with E-state index in [1.807, 2.05) is 45.0 Å². The molecule has 2 aromatic heterocycles. The number of aryl methyl sites for hydroxylation is 3. The molecular weight excluding hydrogens is 252 g/mol. The number of aromatic nitrogens is 3. The van der Waals surface area contributed by atoms with Crippen molar-refractivity contribution in [2.45, 2.75) is 27.3 Å². The zero-order chi connectivity index (χ0) is 14.1. The molecule has 5 heteroatoms. The van der Waals surface area contributed by atoms with Crippen LogP contribution in [0.1, 0.15) is 23.0 Å². The number of hydrogen-bond donors (Lipinski definition) is 1. The lowest BCUT2D eigenvalue weighted by Gasteiger charge is -2.07. The van der Waals surface area contributed by atoms with Gasteiger partial charge in [0.15, 0.2) is 0 Å². The van der Waals surface area contributed by atoms with Crippen LogP contribution in [0.5, 0.6) is 0 Å². The molecule has 0 spiro atoms. The number of fused-ring (bicyclic) bond motifs is 1. The van der Waals surface area contributed by atoms with Gasteiger partial charge in [-0.25, -0.2) is 15.0 Å². The maximum atomic E-state index is 5.54. The van der Waals surface area contributed by atoms with E-state index in [0.717, 1.165) is 34.0 Å². The second-order valence-corrected chi connectivity index (χ2v) is 4.75. The fraction of sp³-hybridized carbons (Fsp3) is 0.267. The highest BCUT2D eigenvalue weighted by atomic mass is 16.4. The molecule has 0 bridgehead atoms. The molecule has 0 unspecified atom stereocenters. The molecule has 0 saturated heterocycles. The van der Waals surface area contributed by atoms with Crippen molar-refractivity contribution in [3.8, 4) is 0 Å². The summed E-state index contributed by atoms with van der Waals surface area (Å²) in [5, 5.41) is 3.23. The summed E-state index contributed by atoms with van der Waals surface area (Å²) < 4.78 is 5.54. The molecule has 0 fully saturated rings. The average molecular weight is 268 g/mol. The average Bonchev–Trinajstić information content (AvgIpc) is 2.75. The smallest absolute Gasteiger partial charge is 0.213 e. The van der Waals surface area contributed by atoms with Crippen molar-refractivity contribution in [1.82, 2.24) is 15.0 Å². The van der Waals surface area contributed by atoms with Gasteiger partial charge in [-0.15, -0.1) is 0 Å². The van der Waals surface area contributed by atoms with Gasteiger partial charge in [0.25, 0.3) is 0 Å². The molecule has 2 heterocycles. The summed E-state index contributed by atoms with van der Waals surface area (Å²) in [4.78, 5) is 13.5. The Hall–Kier alpha value is -2.43. The van der Waals surface area contributed by atoms with E-state index in [1.54, 1.807) is 0 Å². The number of rotatable bonds is 3. The molecule has 3 rings (SSSR count). The molecule has 102 valence electrons. The Morgan fingerprint density at radius 2 is 1.65 bits per heavy atom. The topological polar surface area (TPSA) is 63.8 Å². The number of nitrogens with one attached hydrogen (secondary N) is 1. The molecule has 0 amide bonds. The lowest BCUT2D eigenvalue weighted by molar-refractivity contribution is 0.478. The van der Waals surface area contributed by atoms with E-state index >= 15 is 0 Å². The number of oxazole rings is 1. The molecule has 0 atom stereocenters. The zero-order valence-electron chi connectivity index (χ0n) is 11.8. The van der Waals surface area contributed by atoms with Crippen LogP contribution >= 0.6 is 0 Å². The van der Waals surface area contributed by atoms with Gasteiger partial charge in [-0.05, 0) is 32.9 Å². The molecule has 0 aliphatic carbocycles. The van der Waals surface area contributed by atoms with Crippen LogP contribution in [-0.2, 0) is 6.54 Å². The molecule has 1 N–H and O–H groups in total. The van der Waals surface area contributed by atoms with Gasteiger partial charge in [0.05, 0.1) is 29.0 Å². The second-order valence-electron chi connectivity index (χ2n) is 4.75. The van der Waals surface area contributed by atoms with Crippen molar-refractivity contribution in [3.05, 3.63) is 47.3 Å². The number of anilines is 1. The van der Waals surface area contributed by atoms with Gasteiger partial charge in [-0.2, -0.15) is 0 Å². The molecule has 0 aliphatic rings. The van der Waals surface area contributed by atoms with Crippen molar-refractivity contribution < 1.29 is 4.42 Å². The second kappa shape index (κ2) is 4.92. The van der Waals surface area contributed by atoms with Gasteiger partial charge in [-0.3, -0.25) is 0 Å². The lowest BCUT2D eigenvalue weighted by atomic mass is 10.3. The van der Waals surface area contributed by atoms with Gasteiger partial charge in [0.2, 0.25) is 5.89 Å². The summed E-state index contributed by atoms with van der Waals surface area (Å²) >= 11 is 0. The molecule has 20 heavy (non-hydrogen) atoms. The van der Waals surface area contributed by atoms with Crippen molar-refractivity contribution >= 4 is 16.9 Å². The third-order valence-corrected chi connectivity index (χ3v) is 3.22. The van der Waals surface area contributed by atoms with Crippen LogP contribution in [0, 0.1) is 20.8 Å². The van der Waals surface area contributed by atoms with E-state index in [4.69, 9.17) is 4.42 Å². The summed E-state index contributed by atoms with van der Waals surface area (Å²) in [6.45, 7) is 6.28. The van der Waals surface area contributed by atoms with E-state index < -0.39 is 0 Å². The van der Waals surface area contributed by atoms with Crippen molar-refractivity contribution in [2.75, 3.05) is 5.32 Å². The van der Waals surface area contributed by atoms with Gasteiger partial charge in [0, 0.05) is 0 Å². The Morgan fingerprint density at radius 1 is 0.950 bits per heavy atom. The van der Waals surface area contributed by atoms with Crippen molar-refractivity contribution in [1.29, 1.82) is 0 Å². The van der Waals surface area contributed by atoms with Crippen LogP contribution in [0.25, 0.3) is 11.0 Å². The monoisotopic (exact) mass is 268 g/mol. The molecule has 0 aliphatic heterocycles. The fourth-order valence-electron chi connectivity index (χ4n) is 2.03. The number of nitrogens with zero attached hydrogens (tertiary/aromatic N) is 3. The van der Waals surface area contributed by atoms with Gasteiger partial charge >= 0.3 is 0 Å². The first kappa shape index (κ1) is 12.6. The standard InChI is InChI=1S/C15H16N4O/c1-9-11(3)20-14(18-9)8-16-15-10(2)17-12-6-4-5-7-13(12)19-15/h4-7H,8H2,1-3H3,(H,16,19).